The number of aliphatic hydroxyl groups excluding tert-OH is 1. The summed E-state index contributed by atoms with van der Waals surface area (Å²) < 4.78 is 12.3. The molecule has 0 saturated carbocycles. The first-order valence-corrected chi connectivity index (χ1v) is 8.05. The number of ether oxygens (including phenoxy) is 2. The first-order chi connectivity index (χ1) is 9.75. The number of piperidine rings is 1. The van der Waals surface area contributed by atoms with Crippen LogP contribution in [0.15, 0.2) is 16.6 Å². The lowest BCUT2D eigenvalue weighted by molar-refractivity contribution is 0.113. The van der Waals surface area contributed by atoms with Crippen molar-refractivity contribution in [3.63, 3.8) is 0 Å². The van der Waals surface area contributed by atoms with E-state index in [2.05, 4.69) is 21.2 Å². The van der Waals surface area contributed by atoms with Crippen molar-refractivity contribution in [1.29, 1.82) is 0 Å². The van der Waals surface area contributed by atoms with Crippen molar-refractivity contribution < 1.29 is 14.6 Å². The second-order valence-corrected chi connectivity index (χ2v) is 6.24. The Morgan fingerprint density at radius 2 is 2.05 bits per heavy atom. The molecule has 20 heavy (non-hydrogen) atoms. The average molecular weight is 342 g/mol. The molecule has 1 aromatic carbocycles. The van der Waals surface area contributed by atoms with Gasteiger partial charge in [-0.1, -0.05) is 6.42 Å². The number of halogens is 1. The number of hydrogen-bond acceptors (Lipinski definition) is 4. The molecule has 2 aliphatic rings. The van der Waals surface area contributed by atoms with Gasteiger partial charge in [-0.25, -0.2) is 0 Å². The molecular weight excluding hydrogens is 322 g/mol. The van der Waals surface area contributed by atoms with E-state index >= 15 is 0 Å². The largest absolute Gasteiger partial charge is 0.490 e. The maximum Gasteiger partial charge on any atom is 0.175 e. The van der Waals surface area contributed by atoms with Crippen molar-refractivity contribution in [3.8, 4) is 11.5 Å². The van der Waals surface area contributed by atoms with Gasteiger partial charge in [0.1, 0.15) is 0 Å². The molecule has 1 aromatic rings. The SMILES string of the molecule is OC(c1cc(Br)c2c(c1)OCCCO2)C1CCCCN1. The number of benzene rings is 1. The van der Waals surface area contributed by atoms with Gasteiger partial charge < -0.3 is 19.9 Å². The fourth-order valence-corrected chi connectivity index (χ4v) is 3.38. The van der Waals surface area contributed by atoms with E-state index in [-0.39, 0.29) is 6.04 Å². The summed E-state index contributed by atoms with van der Waals surface area (Å²) in [5, 5.41) is 14.0. The van der Waals surface area contributed by atoms with E-state index in [1.54, 1.807) is 0 Å². The van der Waals surface area contributed by atoms with E-state index in [0.717, 1.165) is 40.9 Å². The van der Waals surface area contributed by atoms with Gasteiger partial charge in [0.25, 0.3) is 0 Å². The van der Waals surface area contributed by atoms with Crippen molar-refractivity contribution >= 4 is 15.9 Å². The van der Waals surface area contributed by atoms with E-state index < -0.39 is 6.10 Å². The van der Waals surface area contributed by atoms with Crippen LogP contribution in [0.1, 0.15) is 37.4 Å². The highest BCUT2D eigenvalue weighted by Crippen LogP contribution is 2.40. The molecule has 0 amide bonds. The zero-order chi connectivity index (χ0) is 13.9. The van der Waals surface area contributed by atoms with Crippen LogP contribution in [-0.4, -0.2) is 30.9 Å². The summed E-state index contributed by atoms with van der Waals surface area (Å²) in [7, 11) is 0. The Hall–Kier alpha value is -0.780. The molecule has 4 nitrogen and oxygen atoms in total. The zero-order valence-corrected chi connectivity index (χ0v) is 13.0. The fraction of sp³-hybridized carbons (Fsp3) is 0.600. The van der Waals surface area contributed by atoms with Crippen molar-refractivity contribution in [2.24, 2.45) is 0 Å². The summed E-state index contributed by atoms with van der Waals surface area (Å²) >= 11 is 3.52. The van der Waals surface area contributed by atoms with Crippen LogP contribution in [0.3, 0.4) is 0 Å². The van der Waals surface area contributed by atoms with Gasteiger partial charge in [-0.15, -0.1) is 0 Å². The van der Waals surface area contributed by atoms with Crippen LogP contribution in [-0.2, 0) is 0 Å². The van der Waals surface area contributed by atoms with Crippen molar-refractivity contribution in [1.82, 2.24) is 5.32 Å². The summed E-state index contributed by atoms with van der Waals surface area (Å²) in [6.45, 7) is 2.30. The molecule has 3 rings (SSSR count). The highest BCUT2D eigenvalue weighted by molar-refractivity contribution is 9.10. The fourth-order valence-electron chi connectivity index (χ4n) is 2.80. The van der Waals surface area contributed by atoms with Crippen molar-refractivity contribution in [2.45, 2.75) is 37.8 Å². The second kappa shape index (κ2) is 6.33. The third-order valence-electron chi connectivity index (χ3n) is 3.90. The number of aliphatic hydroxyl groups is 1. The van der Waals surface area contributed by atoms with Crippen molar-refractivity contribution in [2.75, 3.05) is 19.8 Å². The van der Waals surface area contributed by atoms with Crippen LogP contribution in [0.25, 0.3) is 0 Å². The second-order valence-electron chi connectivity index (χ2n) is 5.38. The van der Waals surface area contributed by atoms with Crippen LogP contribution < -0.4 is 14.8 Å². The number of rotatable bonds is 2. The monoisotopic (exact) mass is 341 g/mol. The highest BCUT2D eigenvalue weighted by atomic mass is 79.9. The normalized spacial score (nSPS) is 24.0. The van der Waals surface area contributed by atoms with Gasteiger partial charge in [-0.2, -0.15) is 0 Å². The summed E-state index contributed by atoms with van der Waals surface area (Å²) in [6.07, 6.45) is 3.73. The van der Waals surface area contributed by atoms with Crippen LogP contribution >= 0.6 is 15.9 Å². The number of fused-ring (bicyclic) bond motifs is 1. The van der Waals surface area contributed by atoms with Crippen LogP contribution in [0.4, 0.5) is 0 Å². The summed E-state index contributed by atoms with van der Waals surface area (Å²) in [6, 6.07) is 3.97. The Balaban J connectivity index is 1.86. The number of hydrogen-bond donors (Lipinski definition) is 2. The molecule has 2 N–H and O–H groups in total. The third-order valence-corrected chi connectivity index (χ3v) is 4.48. The van der Waals surface area contributed by atoms with Gasteiger partial charge in [0.2, 0.25) is 0 Å². The van der Waals surface area contributed by atoms with Gasteiger partial charge in [-0.3, -0.25) is 0 Å². The lowest BCUT2D eigenvalue weighted by Gasteiger charge is -2.28. The Labute approximate surface area is 127 Å². The standard InChI is InChI=1S/C15H20BrNO3/c16-11-8-10(14(18)12-4-1-2-5-17-12)9-13-15(11)20-7-3-6-19-13/h8-9,12,14,17-18H,1-7H2. The Bertz CT molecular complexity index is 474. The average Bonchev–Trinajstić information content (AvgIpc) is 2.73. The molecule has 1 saturated heterocycles. The lowest BCUT2D eigenvalue weighted by Crippen LogP contribution is -2.38. The van der Waals surface area contributed by atoms with Gasteiger partial charge in [0.15, 0.2) is 11.5 Å². The molecule has 0 radical (unpaired) electrons. The predicted octanol–water partition coefficient (Wildman–Crippen LogP) is 2.79. The van der Waals surface area contributed by atoms with E-state index in [1.165, 1.54) is 12.8 Å². The molecule has 0 aromatic heterocycles. The topological polar surface area (TPSA) is 50.7 Å². The Morgan fingerprint density at radius 3 is 2.85 bits per heavy atom. The van der Waals surface area contributed by atoms with E-state index in [4.69, 9.17) is 9.47 Å². The Kier molecular flexibility index (Phi) is 4.48. The van der Waals surface area contributed by atoms with Crippen LogP contribution in [0.5, 0.6) is 11.5 Å². The van der Waals surface area contributed by atoms with E-state index in [0.29, 0.717) is 13.2 Å². The summed E-state index contributed by atoms with van der Waals surface area (Å²) in [4.78, 5) is 0. The molecule has 2 aliphatic heterocycles. The molecule has 2 unspecified atom stereocenters. The zero-order valence-electron chi connectivity index (χ0n) is 11.4. The molecule has 0 bridgehead atoms. The quantitative estimate of drug-likeness (QED) is 0.868. The molecule has 2 heterocycles. The lowest BCUT2D eigenvalue weighted by atomic mass is 9.95. The summed E-state index contributed by atoms with van der Waals surface area (Å²) in [5.74, 6) is 1.47. The minimum Gasteiger partial charge on any atom is -0.490 e. The van der Waals surface area contributed by atoms with Crippen LogP contribution in [0, 0.1) is 0 Å². The predicted molar refractivity (Wildman–Crippen MR) is 80.4 cm³/mol. The molecule has 1 fully saturated rings. The Morgan fingerprint density at radius 1 is 1.20 bits per heavy atom. The maximum atomic E-state index is 10.6. The molecule has 5 heteroatoms. The first-order valence-electron chi connectivity index (χ1n) is 7.26. The van der Waals surface area contributed by atoms with Gasteiger partial charge in [-0.05, 0) is 53.0 Å². The molecular formula is C15H20BrNO3. The van der Waals surface area contributed by atoms with Gasteiger partial charge in [0.05, 0.1) is 23.8 Å². The molecule has 110 valence electrons. The third kappa shape index (κ3) is 2.95. The highest BCUT2D eigenvalue weighted by Gasteiger charge is 2.25. The molecule has 2 atom stereocenters. The first kappa shape index (κ1) is 14.2. The van der Waals surface area contributed by atoms with E-state index in [1.807, 2.05) is 12.1 Å². The van der Waals surface area contributed by atoms with Crippen LogP contribution in [0.2, 0.25) is 0 Å². The van der Waals surface area contributed by atoms with Crippen molar-refractivity contribution in [3.05, 3.63) is 22.2 Å². The van der Waals surface area contributed by atoms with Gasteiger partial charge >= 0.3 is 0 Å². The minimum absolute atomic E-state index is 0.125. The van der Waals surface area contributed by atoms with E-state index in [9.17, 15) is 5.11 Å². The smallest absolute Gasteiger partial charge is 0.175 e. The molecule has 0 spiro atoms. The molecule has 0 aliphatic carbocycles. The maximum absolute atomic E-state index is 10.6. The minimum atomic E-state index is -0.510. The van der Waals surface area contributed by atoms with Gasteiger partial charge in [0, 0.05) is 12.5 Å². The number of nitrogens with one attached hydrogen (secondary N) is 1. The summed E-state index contributed by atoms with van der Waals surface area (Å²) in [5.41, 5.74) is 0.875.